The van der Waals surface area contributed by atoms with Crippen molar-refractivity contribution in [2.24, 2.45) is 0 Å². The van der Waals surface area contributed by atoms with Gasteiger partial charge in [0.25, 0.3) is 5.91 Å². The number of amides is 1. The van der Waals surface area contributed by atoms with Crippen molar-refractivity contribution >= 4 is 17.2 Å². The Hall–Kier alpha value is -1.66. The van der Waals surface area contributed by atoms with Gasteiger partial charge in [-0.05, 0) is 25.8 Å². The standard InChI is InChI=1S/C18H25N3O2S/c1-12(2)18-19-10-15(24-18)11-21-7-4-14(5-8-21)20-17(22)16-6-9-23-13(16)3/h6,9-10,12,14H,4-5,7-8,11H2,1-3H3,(H,20,22). The summed E-state index contributed by atoms with van der Waals surface area (Å²) in [5, 5.41) is 4.34. The molecule has 1 fully saturated rings. The van der Waals surface area contributed by atoms with Crippen molar-refractivity contribution in [3.8, 4) is 0 Å². The summed E-state index contributed by atoms with van der Waals surface area (Å²) in [6.45, 7) is 9.15. The minimum atomic E-state index is -0.0243. The first-order chi connectivity index (χ1) is 11.5. The van der Waals surface area contributed by atoms with Gasteiger partial charge in [0.15, 0.2) is 0 Å². The quantitative estimate of drug-likeness (QED) is 0.898. The van der Waals surface area contributed by atoms with Gasteiger partial charge in [0, 0.05) is 42.7 Å². The van der Waals surface area contributed by atoms with Gasteiger partial charge in [0.1, 0.15) is 5.76 Å². The highest BCUT2D eigenvalue weighted by Crippen LogP contribution is 2.23. The molecular weight excluding hydrogens is 322 g/mol. The van der Waals surface area contributed by atoms with Gasteiger partial charge in [-0.1, -0.05) is 13.8 Å². The lowest BCUT2D eigenvalue weighted by Crippen LogP contribution is -2.44. The first kappa shape index (κ1) is 17.2. The van der Waals surface area contributed by atoms with E-state index in [4.69, 9.17) is 4.42 Å². The van der Waals surface area contributed by atoms with Crippen molar-refractivity contribution in [2.75, 3.05) is 13.1 Å². The van der Waals surface area contributed by atoms with E-state index >= 15 is 0 Å². The molecule has 1 saturated heterocycles. The van der Waals surface area contributed by atoms with Crippen LogP contribution in [0.15, 0.2) is 22.9 Å². The van der Waals surface area contributed by atoms with Crippen molar-refractivity contribution in [3.05, 3.63) is 39.7 Å². The maximum atomic E-state index is 12.2. The number of piperidine rings is 1. The predicted octanol–water partition coefficient (Wildman–Crippen LogP) is 3.56. The molecule has 5 nitrogen and oxygen atoms in total. The Labute approximate surface area is 147 Å². The summed E-state index contributed by atoms with van der Waals surface area (Å²) in [5.41, 5.74) is 0.642. The lowest BCUT2D eigenvalue weighted by molar-refractivity contribution is 0.0907. The molecule has 0 unspecified atom stereocenters. The van der Waals surface area contributed by atoms with E-state index in [0.717, 1.165) is 32.5 Å². The van der Waals surface area contributed by atoms with Crippen molar-refractivity contribution in [3.63, 3.8) is 0 Å². The van der Waals surface area contributed by atoms with E-state index < -0.39 is 0 Å². The van der Waals surface area contributed by atoms with E-state index in [2.05, 4.69) is 29.0 Å². The van der Waals surface area contributed by atoms with Crippen LogP contribution in [0.25, 0.3) is 0 Å². The largest absolute Gasteiger partial charge is 0.469 e. The maximum absolute atomic E-state index is 12.2. The molecule has 130 valence electrons. The van der Waals surface area contributed by atoms with Crippen LogP contribution in [0.4, 0.5) is 0 Å². The first-order valence-electron chi connectivity index (χ1n) is 8.55. The van der Waals surface area contributed by atoms with E-state index in [-0.39, 0.29) is 11.9 Å². The van der Waals surface area contributed by atoms with Gasteiger partial charge in [-0.15, -0.1) is 11.3 Å². The Morgan fingerprint density at radius 3 is 2.79 bits per heavy atom. The van der Waals surface area contributed by atoms with Gasteiger partial charge in [0.05, 0.1) is 16.8 Å². The molecular formula is C18H25N3O2S. The highest BCUT2D eigenvalue weighted by atomic mass is 32.1. The third-order valence-corrected chi connectivity index (χ3v) is 5.75. The topological polar surface area (TPSA) is 58.4 Å². The number of aryl methyl sites for hydroxylation is 1. The normalized spacial score (nSPS) is 16.7. The van der Waals surface area contributed by atoms with Crippen LogP contribution in [-0.2, 0) is 6.54 Å². The molecule has 24 heavy (non-hydrogen) atoms. The van der Waals surface area contributed by atoms with E-state index in [1.54, 1.807) is 12.3 Å². The SMILES string of the molecule is Cc1occc1C(=O)NC1CCN(Cc2cnc(C(C)C)s2)CC1. The molecule has 0 aromatic carbocycles. The van der Waals surface area contributed by atoms with E-state index in [0.29, 0.717) is 17.2 Å². The Bertz CT molecular complexity index is 684. The van der Waals surface area contributed by atoms with Crippen LogP contribution in [0.3, 0.4) is 0 Å². The van der Waals surface area contributed by atoms with Crippen LogP contribution in [0, 0.1) is 6.92 Å². The number of carbonyl (C=O) groups is 1. The van der Waals surface area contributed by atoms with E-state index in [1.165, 1.54) is 9.88 Å². The third kappa shape index (κ3) is 4.05. The number of nitrogens with zero attached hydrogens (tertiary/aromatic N) is 2. The summed E-state index contributed by atoms with van der Waals surface area (Å²) < 4.78 is 5.20. The highest BCUT2D eigenvalue weighted by molar-refractivity contribution is 7.11. The predicted molar refractivity (Wildman–Crippen MR) is 95.4 cm³/mol. The molecule has 1 amide bonds. The maximum Gasteiger partial charge on any atom is 0.255 e. The number of aromatic nitrogens is 1. The molecule has 0 spiro atoms. The number of likely N-dealkylation sites (tertiary alicyclic amines) is 1. The van der Waals surface area contributed by atoms with Crippen LogP contribution in [0.5, 0.6) is 0 Å². The summed E-state index contributed by atoms with van der Waals surface area (Å²) in [6.07, 6.45) is 5.54. The Morgan fingerprint density at radius 2 is 2.21 bits per heavy atom. The smallest absolute Gasteiger partial charge is 0.255 e. The molecule has 2 aromatic heterocycles. The van der Waals surface area contributed by atoms with Gasteiger partial charge in [-0.2, -0.15) is 0 Å². The second kappa shape index (κ2) is 7.49. The van der Waals surface area contributed by atoms with Crippen molar-refractivity contribution in [1.82, 2.24) is 15.2 Å². The average Bonchev–Trinajstić information content (AvgIpc) is 3.18. The molecule has 1 aliphatic rings. The fourth-order valence-corrected chi connectivity index (χ4v) is 3.96. The lowest BCUT2D eigenvalue weighted by atomic mass is 10.0. The number of furan rings is 1. The summed E-state index contributed by atoms with van der Waals surface area (Å²) in [4.78, 5) is 20.5. The van der Waals surface area contributed by atoms with Crippen LogP contribution < -0.4 is 5.32 Å². The molecule has 0 atom stereocenters. The van der Waals surface area contributed by atoms with Crippen LogP contribution in [0.1, 0.15) is 58.6 Å². The number of nitrogens with one attached hydrogen (secondary N) is 1. The fraction of sp³-hybridized carbons (Fsp3) is 0.556. The molecule has 0 radical (unpaired) electrons. The molecule has 1 N–H and O–H groups in total. The summed E-state index contributed by atoms with van der Waals surface area (Å²) in [5.74, 6) is 1.15. The van der Waals surface area contributed by atoms with Gasteiger partial charge in [-0.3, -0.25) is 9.69 Å². The minimum Gasteiger partial charge on any atom is -0.469 e. The molecule has 6 heteroatoms. The van der Waals surface area contributed by atoms with Crippen molar-refractivity contribution < 1.29 is 9.21 Å². The van der Waals surface area contributed by atoms with Crippen molar-refractivity contribution in [2.45, 2.75) is 52.1 Å². The first-order valence-corrected chi connectivity index (χ1v) is 9.36. The zero-order chi connectivity index (χ0) is 17.1. The minimum absolute atomic E-state index is 0.0243. The summed E-state index contributed by atoms with van der Waals surface area (Å²) in [7, 11) is 0. The number of hydrogen-bond donors (Lipinski definition) is 1. The fourth-order valence-electron chi connectivity index (χ4n) is 3.00. The molecule has 0 saturated carbocycles. The number of thiazole rings is 1. The third-order valence-electron chi connectivity index (χ3n) is 4.47. The van der Waals surface area contributed by atoms with Crippen molar-refractivity contribution in [1.29, 1.82) is 0 Å². The van der Waals surface area contributed by atoms with Crippen LogP contribution >= 0.6 is 11.3 Å². The Kier molecular flexibility index (Phi) is 5.36. The average molecular weight is 347 g/mol. The van der Waals surface area contributed by atoms with E-state index in [9.17, 15) is 4.79 Å². The molecule has 3 heterocycles. The summed E-state index contributed by atoms with van der Waals surface area (Å²) in [6, 6.07) is 1.98. The van der Waals surface area contributed by atoms with Gasteiger partial charge < -0.3 is 9.73 Å². The highest BCUT2D eigenvalue weighted by Gasteiger charge is 2.22. The van der Waals surface area contributed by atoms with Gasteiger partial charge >= 0.3 is 0 Å². The number of carbonyl (C=O) groups excluding carboxylic acids is 1. The van der Waals surface area contributed by atoms with Crippen LogP contribution in [-0.4, -0.2) is 34.9 Å². The number of rotatable bonds is 5. The monoisotopic (exact) mass is 347 g/mol. The van der Waals surface area contributed by atoms with E-state index in [1.807, 2.05) is 24.5 Å². The molecule has 0 bridgehead atoms. The van der Waals surface area contributed by atoms with Crippen LogP contribution in [0.2, 0.25) is 0 Å². The molecule has 2 aromatic rings. The Morgan fingerprint density at radius 1 is 1.46 bits per heavy atom. The van der Waals surface area contributed by atoms with Gasteiger partial charge in [-0.25, -0.2) is 4.98 Å². The molecule has 0 aliphatic carbocycles. The molecule has 3 rings (SSSR count). The second-order valence-electron chi connectivity index (χ2n) is 6.73. The van der Waals surface area contributed by atoms with Gasteiger partial charge in [0.2, 0.25) is 0 Å². The zero-order valence-electron chi connectivity index (χ0n) is 14.5. The second-order valence-corrected chi connectivity index (χ2v) is 7.88. The Balaban J connectivity index is 1.47. The zero-order valence-corrected chi connectivity index (χ0v) is 15.4. The lowest BCUT2D eigenvalue weighted by Gasteiger charge is -2.31. The molecule has 1 aliphatic heterocycles. The number of hydrogen-bond acceptors (Lipinski definition) is 5. The summed E-state index contributed by atoms with van der Waals surface area (Å²) >= 11 is 1.81.